The number of carbonyl (C=O) groups is 2. The number of hydrogen-bond acceptors (Lipinski definition) is 4. The highest BCUT2D eigenvalue weighted by Crippen LogP contribution is 2.31. The molecule has 1 saturated heterocycles. The molecule has 0 saturated carbocycles. The lowest BCUT2D eigenvalue weighted by molar-refractivity contribution is -0.120. The first kappa shape index (κ1) is 19.6. The monoisotopic (exact) mass is 436 g/mol. The van der Waals surface area contributed by atoms with Gasteiger partial charge in [0.25, 0.3) is 5.91 Å². The summed E-state index contributed by atoms with van der Waals surface area (Å²) < 4.78 is 14.5. The Bertz CT molecular complexity index is 1190. The van der Waals surface area contributed by atoms with Crippen LogP contribution in [0.25, 0.3) is 11.4 Å². The molecular formula is C23H18ClFN4O2. The molecule has 0 spiro atoms. The Hall–Kier alpha value is -3.32. The highest BCUT2D eigenvalue weighted by atomic mass is 35.5. The number of nitrogens with one attached hydrogen (secondary N) is 2. The van der Waals surface area contributed by atoms with Crippen molar-refractivity contribution in [3.05, 3.63) is 81.4 Å². The topological polar surface area (TPSA) is 84.0 Å². The predicted octanol–water partition coefficient (Wildman–Crippen LogP) is 3.37. The maximum Gasteiger partial charge on any atom is 0.255 e. The lowest BCUT2D eigenvalue weighted by atomic mass is 9.95. The van der Waals surface area contributed by atoms with Crippen LogP contribution in [0, 0.1) is 5.82 Å². The molecule has 0 bridgehead atoms. The van der Waals surface area contributed by atoms with E-state index in [0.717, 1.165) is 17.5 Å². The van der Waals surface area contributed by atoms with Crippen molar-refractivity contribution in [3.8, 4) is 11.4 Å². The van der Waals surface area contributed by atoms with E-state index in [1.54, 1.807) is 6.07 Å². The lowest BCUT2D eigenvalue weighted by Crippen LogP contribution is -2.17. The van der Waals surface area contributed by atoms with Gasteiger partial charge in [0.15, 0.2) is 5.82 Å². The van der Waals surface area contributed by atoms with Gasteiger partial charge in [-0.15, -0.1) is 0 Å². The largest absolute Gasteiger partial charge is 0.356 e. The second kappa shape index (κ2) is 7.74. The van der Waals surface area contributed by atoms with Crippen LogP contribution in [0.1, 0.15) is 45.2 Å². The molecule has 2 aliphatic rings. The summed E-state index contributed by atoms with van der Waals surface area (Å²) >= 11 is 6.21. The van der Waals surface area contributed by atoms with Crippen LogP contribution < -0.4 is 10.6 Å². The van der Waals surface area contributed by atoms with Crippen molar-refractivity contribution in [2.24, 2.45) is 0 Å². The van der Waals surface area contributed by atoms with E-state index in [0.29, 0.717) is 29.9 Å². The van der Waals surface area contributed by atoms with Crippen molar-refractivity contribution in [3.63, 3.8) is 0 Å². The molecule has 2 amide bonds. The first-order valence-corrected chi connectivity index (χ1v) is 10.4. The minimum Gasteiger partial charge on any atom is -0.356 e. The van der Waals surface area contributed by atoms with Crippen molar-refractivity contribution in [1.82, 2.24) is 20.6 Å². The maximum absolute atomic E-state index is 14.5. The normalized spacial score (nSPS) is 17.4. The molecule has 0 unspecified atom stereocenters. The summed E-state index contributed by atoms with van der Waals surface area (Å²) in [6, 6.07) is 12.1. The summed E-state index contributed by atoms with van der Waals surface area (Å²) in [5.41, 5.74) is 3.48. The number of carbonyl (C=O) groups excluding carboxylic acids is 2. The van der Waals surface area contributed by atoms with Gasteiger partial charge >= 0.3 is 0 Å². The van der Waals surface area contributed by atoms with E-state index >= 15 is 0 Å². The molecular weight excluding hydrogens is 419 g/mol. The van der Waals surface area contributed by atoms with E-state index in [9.17, 15) is 14.0 Å². The predicted molar refractivity (Wildman–Crippen MR) is 113 cm³/mol. The minimum absolute atomic E-state index is 0.0458. The molecule has 0 aliphatic carbocycles. The van der Waals surface area contributed by atoms with E-state index in [4.69, 9.17) is 11.6 Å². The van der Waals surface area contributed by atoms with Crippen LogP contribution in [-0.2, 0) is 17.8 Å². The van der Waals surface area contributed by atoms with Gasteiger partial charge in [0, 0.05) is 13.0 Å². The van der Waals surface area contributed by atoms with Crippen LogP contribution in [0.2, 0.25) is 5.02 Å². The maximum atomic E-state index is 14.5. The van der Waals surface area contributed by atoms with Crippen molar-refractivity contribution < 1.29 is 14.0 Å². The smallest absolute Gasteiger partial charge is 0.255 e. The number of benzene rings is 2. The van der Waals surface area contributed by atoms with Gasteiger partial charge in [-0.05, 0) is 29.7 Å². The SMILES string of the molecule is O=C1NCc2nc(-c3c(F)cccc3Cl)nc(Cc3ccc([C@H]4CCNC4=O)cc3)c21. The average molecular weight is 437 g/mol. The van der Waals surface area contributed by atoms with Crippen molar-refractivity contribution in [1.29, 1.82) is 0 Å². The fraction of sp³-hybridized carbons (Fsp3) is 0.217. The molecule has 1 aromatic heterocycles. The van der Waals surface area contributed by atoms with Gasteiger partial charge in [-0.2, -0.15) is 0 Å². The van der Waals surface area contributed by atoms with Crippen LogP contribution in [-0.4, -0.2) is 28.3 Å². The van der Waals surface area contributed by atoms with Gasteiger partial charge in [-0.1, -0.05) is 41.9 Å². The summed E-state index contributed by atoms with van der Waals surface area (Å²) in [5, 5.41) is 5.81. The second-order valence-electron chi connectivity index (χ2n) is 7.65. The van der Waals surface area contributed by atoms with Gasteiger partial charge in [0.2, 0.25) is 5.91 Å². The molecule has 1 atom stereocenters. The number of rotatable bonds is 4. The Labute approximate surface area is 182 Å². The fourth-order valence-corrected chi connectivity index (χ4v) is 4.37. The number of nitrogens with zero attached hydrogens (tertiary/aromatic N) is 2. The van der Waals surface area contributed by atoms with Crippen LogP contribution >= 0.6 is 11.6 Å². The lowest BCUT2D eigenvalue weighted by Gasteiger charge is -2.12. The standard InChI is InChI=1S/C23H18ClFN4O2/c24-15-2-1-3-16(25)19(15)21-28-17(20-18(29-21)11-27-23(20)31)10-12-4-6-13(7-5-12)14-8-9-26-22(14)30/h1-7,14H,8-11H2,(H,26,30)(H,27,31)/t14-/m1/s1. The van der Waals surface area contributed by atoms with Crippen LogP contribution in [0.3, 0.4) is 0 Å². The summed E-state index contributed by atoms with van der Waals surface area (Å²) in [6.45, 7) is 0.952. The third-order valence-electron chi connectivity index (χ3n) is 5.69. The zero-order valence-electron chi connectivity index (χ0n) is 16.4. The van der Waals surface area contributed by atoms with Crippen molar-refractivity contribution in [2.45, 2.75) is 25.3 Å². The summed E-state index contributed by atoms with van der Waals surface area (Å²) in [5.74, 6) is -0.680. The molecule has 3 aromatic rings. The fourth-order valence-electron chi connectivity index (χ4n) is 4.13. The number of amides is 2. The quantitative estimate of drug-likeness (QED) is 0.656. The highest BCUT2D eigenvalue weighted by molar-refractivity contribution is 6.33. The van der Waals surface area contributed by atoms with Gasteiger partial charge < -0.3 is 10.6 Å². The number of halogens is 2. The molecule has 5 rings (SSSR count). The molecule has 6 nitrogen and oxygen atoms in total. The van der Waals surface area contributed by atoms with E-state index < -0.39 is 5.82 Å². The second-order valence-corrected chi connectivity index (χ2v) is 8.05. The number of aromatic nitrogens is 2. The summed E-state index contributed by atoms with van der Waals surface area (Å²) in [6.07, 6.45) is 1.15. The Morgan fingerprint density at radius 1 is 1.03 bits per heavy atom. The Kier molecular flexibility index (Phi) is 4.90. The molecule has 0 radical (unpaired) electrons. The Morgan fingerprint density at radius 2 is 1.84 bits per heavy atom. The summed E-state index contributed by atoms with van der Waals surface area (Å²) in [4.78, 5) is 33.3. The third kappa shape index (κ3) is 3.55. The van der Waals surface area contributed by atoms with Crippen molar-refractivity contribution in [2.75, 3.05) is 6.54 Å². The molecule has 31 heavy (non-hydrogen) atoms. The molecule has 1 fully saturated rings. The first-order valence-electron chi connectivity index (χ1n) is 10.00. The van der Waals surface area contributed by atoms with Crippen molar-refractivity contribution >= 4 is 23.4 Å². The van der Waals surface area contributed by atoms with E-state index in [1.807, 2.05) is 24.3 Å². The van der Waals surface area contributed by atoms with Gasteiger partial charge in [-0.3, -0.25) is 9.59 Å². The average Bonchev–Trinajstić information content (AvgIpc) is 3.34. The third-order valence-corrected chi connectivity index (χ3v) is 6.01. The van der Waals surface area contributed by atoms with E-state index in [2.05, 4.69) is 20.6 Å². The number of fused-ring (bicyclic) bond motifs is 1. The van der Waals surface area contributed by atoms with Crippen LogP contribution in [0.5, 0.6) is 0 Å². The van der Waals surface area contributed by atoms with Gasteiger partial charge in [0.05, 0.1) is 40.0 Å². The minimum atomic E-state index is -0.519. The molecule has 156 valence electrons. The molecule has 2 aromatic carbocycles. The summed E-state index contributed by atoms with van der Waals surface area (Å²) in [7, 11) is 0. The number of hydrogen-bond donors (Lipinski definition) is 2. The Morgan fingerprint density at radius 3 is 2.55 bits per heavy atom. The first-order chi connectivity index (χ1) is 15.0. The molecule has 2 aliphatic heterocycles. The zero-order chi connectivity index (χ0) is 21.5. The van der Waals surface area contributed by atoms with Gasteiger partial charge in [-0.25, -0.2) is 14.4 Å². The molecule has 2 N–H and O–H groups in total. The van der Waals surface area contributed by atoms with Crippen LogP contribution in [0.4, 0.5) is 4.39 Å². The molecule has 3 heterocycles. The Balaban J connectivity index is 1.52. The van der Waals surface area contributed by atoms with Gasteiger partial charge in [0.1, 0.15) is 5.82 Å². The zero-order valence-corrected chi connectivity index (χ0v) is 17.2. The molecule has 8 heteroatoms. The van der Waals surface area contributed by atoms with E-state index in [-0.39, 0.29) is 40.7 Å². The van der Waals surface area contributed by atoms with E-state index in [1.165, 1.54) is 12.1 Å². The van der Waals surface area contributed by atoms with Crippen LogP contribution in [0.15, 0.2) is 42.5 Å². The highest BCUT2D eigenvalue weighted by Gasteiger charge is 2.28.